The van der Waals surface area contributed by atoms with E-state index < -0.39 is 10.0 Å². The Kier molecular flexibility index (Phi) is 8.22. The lowest BCUT2D eigenvalue weighted by atomic mass is 10.0. The van der Waals surface area contributed by atoms with E-state index in [9.17, 15) is 13.2 Å². The second-order valence-corrected chi connectivity index (χ2v) is 10.8. The normalized spacial score (nSPS) is 22.8. The zero-order valence-electron chi connectivity index (χ0n) is 20.7. The molecule has 3 atom stereocenters. The Bertz CT molecular complexity index is 1100. The van der Waals surface area contributed by atoms with E-state index in [0.29, 0.717) is 30.2 Å². The molecule has 0 bridgehead atoms. The second-order valence-electron chi connectivity index (χ2n) is 9.17. The van der Waals surface area contributed by atoms with Crippen molar-refractivity contribution < 1.29 is 22.7 Å². The molecule has 1 aliphatic rings. The highest BCUT2D eigenvalue weighted by Gasteiger charge is 2.27. The smallest absolute Gasteiger partial charge is 0.261 e. The van der Waals surface area contributed by atoms with E-state index in [1.165, 1.54) is 0 Å². The molecule has 0 radical (unpaired) electrons. The number of fused-ring (bicyclic) bond motifs is 1. The number of likely N-dealkylation sites (N-methyl/N-ethyl adjacent to an activating group) is 2. The first-order valence-corrected chi connectivity index (χ1v) is 12.8. The minimum Gasteiger partial charge on any atom is -0.491 e. The number of amides is 1. The summed E-state index contributed by atoms with van der Waals surface area (Å²) in [5.74, 6) is 0.340. The minimum atomic E-state index is -3.78. The maximum atomic E-state index is 13.3. The number of ether oxygens (including phenoxy) is 2. The summed E-state index contributed by atoms with van der Waals surface area (Å²) in [4.78, 5) is 17.2. The molecule has 0 saturated heterocycles. The van der Waals surface area contributed by atoms with Crippen LogP contribution in [0.3, 0.4) is 0 Å². The Morgan fingerprint density at radius 1 is 1.06 bits per heavy atom. The standard InChI is InChI=1S/C25H35N3O5S/c1-17-7-10-21(11-8-17)34(30,31)26-20-9-12-22-23(13-20)33-16-19(3)27(4)14-18(2)24(32-6)15-28(5)25(22)29/h7-13,18-19,24,26H,14-16H2,1-6H3/t18-,19+,24-/m0/s1. The van der Waals surface area contributed by atoms with E-state index in [-0.39, 0.29) is 28.9 Å². The number of benzene rings is 2. The largest absolute Gasteiger partial charge is 0.491 e. The molecule has 1 aliphatic heterocycles. The summed E-state index contributed by atoms with van der Waals surface area (Å²) in [6.07, 6.45) is -0.118. The van der Waals surface area contributed by atoms with Gasteiger partial charge in [-0.05, 0) is 51.1 Å². The molecule has 1 heterocycles. The molecule has 34 heavy (non-hydrogen) atoms. The van der Waals surface area contributed by atoms with Gasteiger partial charge in [-0.2, -0.15) is 0 Å². The second kappa shape index (κ2) is 10.8. The number of hydrogen-bond acceptors (Lipinski definition) is 6. The molecule has 0 saturated carbocycles. The van der Waals surface area contributed by atoms with Gasteiger partial charge in [-0.25, -0.2) is 8.42 Å². The highest BCUT2D eigenvalue weighted by Crippen LogP contribution is 2.28. The quantitative estimate of drug-likeness (QED) is 0.710. The lowest BCUT2D eigenvalue weighted by Crippen LogP contribution is -2.45. The summed E-state index contributed by atoms with van der Waals surface area (Å²) in [7, 11) is 1.65. The monoisotopic (exact) mass is 489 g/mol. The van der Waals surface area contributed by atoms with Crippen molar-refractivity contribution in [1.29, 1.82) is 0 Å². The minimum absolute atomic E-state index is 0.0768. The van der Waals surface area contributed by atoms with Crippen LogP contribution in [0.4, 0.5) is 5.69 Å². The lowest BCUT2D eigenvalue weighted by molar-refractivity contribution is 0.0150. The van der Waals surface area contributed by atoms with Crippen molar-refractivity contribution in [3.05, 3.63) is 53.6 Å². The molecular formula is C25H35N3O5S. The van der Waals surface area contributed by atoms with Crippen LogP contribution in [0.2, 0.25) is 0 Å². The molecule has 2 aromatic carbocycles. The summed E-state index contributed by atoms with van der Waals surface area (Å²) in [5, 5.41) is 0. The van der Waals surface area contributed by atoms with Crippen molar-refractivity contribution in [2.45, 2.75) is 37.8 Å². The highest BCUT2D eigenvalue weighted by molar-refractivity contribution is 7.92. The predicted octanol–water partition coefficient (Wildman–Crippen LogP) is 3.23. The summed E-state index contributed by atoms with van der Waals surface area (Å²) < 4.78 is 40.1. The van der Waals surface area contributed by atoms with Crippen LogP contribution in [0.1, 0.15) is 29.8 Å². The zero-order chi connectivity index (χ0) is 25.0. The van der Waals surface area contributed by atoms with Gasteiger partial charge in [0.15, 0.2) is 0 Å². The molecule has 1 N–H and O–H groups in total. The maximum Gasteiger partial charge on any atom is 0.261 e. The number of nitrogens with one attached hydrogen (secondary N) is 1. The number of aryl methyl sites for hydroxylation is 1. The van der Waals surface area contributed by atoms with Crippen molar-refractivity contribution in [1.82, 2.24) is 9.80 Å². The molecule has 0 aromatic heterocycles. The Balaban J connectivity index is 1.94. The molecule has 0 spiro atoms. The van der Waals surface area contributed by atoms with Gasteiger partial charge in [-0.3, -0.25) is 14.4 Å². The van der Waals surface area contributed by atoms with E-state index >= 15 is 0 Å². The zero-order valence-corrected chi connectivity index (χ0v) is 21.6. The Hall–Kier alpha value is -2.62. The topological polar surface area (TPSA) is 88.2 Å². The molecule has 1 amide bonds. The van der Waals surface area contributed by atoms with Crippen LogP contribution in [0.25, 0.3) is 0 Å². The van der Waals surface area contributed by atoms with Gasteiger partial charge in [-0.15, -0.1) is 0 Å². The van der Waals surface area contributed by atoms with Crippen LogP contribution in [0.5, 0.6) is 5.75 Å². The fourth-order valence-electron chi connectivity index (χ4n) is 3.95. The number of nitrogens with zero attached hydrogens (tertiary/aromatic N) is 2. The van der Waals surface area contributed by atoms with Crippen LogP contribution < -0.4 is 9.46 Å². The van der Waals surface area contributed by atoms with Gasteiger partial charge in [0.2, 0.25) is 0 Å². The van der Waals surface area contributed by atoms with Gasteiger partial charge in [0.25, 0.3) is 15.9 Å². The molecule has 9 heteroatoms. The van der Waals surface area contributed by atoms with E-state index in [4.69, 9.17) is 9.47 Å². The first kappa shape index (κ1) is 26.0. The molecular weight excluding hydrogens is 454 g/mol. The fourth-order valence-corrected chi connectivity index (χ4v) is 5.00. The van der Waals surface area contributed by atoms with Crippen LogP contribution in [0, 0.1) is 12.8 Å². The average Bonchev–Trinajstić information content (AvgIpc) is 2.79. The molecule has 0 aliphatic carbocycles. The summed E-state index contributed by atoms with van der Waals surface area (Å²) in [6.45, 7) is 7.63. The average molecular weight is 490 g/mol. The third kappa shape index (κ3) is 6.08. The SMILES string of the molecule is CO[C@H]1CN(C)C(=O)c2ccc(NS(=O)(=O)c3ccc(C)cc3)cc2OC[C@@H](C)N(C)C[C@@H]1C. The van der Waals surface area contributed by atoms with Crippen LogP contribution in [-0.2, 0) is 14.8 Å². The summed E-state index contributed by atoms with van der Waals surface area (Å²) in [5.41, 5.74) is 1.67. The number of sulfonamides is 1. The molecule has 8 nitrogen and oxygen atoms in total. The molecule has 3 rings (SSSR count). The third-order valence-corrected chi connectivity index (χ3v) is 7.74. The first-order valence-electron chi connectivity index (χ1n) is 11.4. The van der Waals surface area contributed by atoms with E-state index in [1.807, 2.05) is 14.0 Å². The lowest BCUT2D eigenvalue weighted by Gasteiger charge is -2.34. The molecule has 0 unspecified atom stereocenters. The highest BCUT2D eigenvalue weighted by atomic mass is 32.2. The van der Waals surface area contributed by atoms with Crippen molar-refractivity contribution >= 4 is 21.6 Å². The van der Waals surface area contributed by atoms with Gasteiger partial charge < -0.3 is 14.4 Å². The van der Waals surface area contributed by atoms with Crippen LogP contribution >= 0.6 is 0 Å². The van der Waals surface area contributed by atoms with Gasteiger partial charge in [-0.1, -0.05) is 24.6 Å². The van der Waals surface area contributed by atoms with Crippen LogP contribution in [-0.4, -0.2) is 77.2 Å². The maximum absolute atomic E-state index is 13.3. The van der Waals surface area contributed by atoms with Gasteiger partial charge in [0, 0.05) is 39.4 Å². The number of carbonyl (C=O) groups excluding carboxylic acids is 1. The molecule has 186 valence electrons. The van der Waals surface area contributed by atoms with Crippen LogP contribution in [0.15, 0.2) is 47.4 Å². The molecule has 0 fully saturated rings. The van der Waals surface area contributed by atoms with E-state index in [1.54, 1.807) is 61.5 Å². The third-order valence-electron chi connectivity index (χ3n) is 6.34. The summed E-state index contributed by atoms with van der Waals surface area (Å²) in [6, 6.07) is 11.4. The number of anilines is 1. The van der Waals surface area contributed by atoms with Crippen molar-refractivity contribution in [3.63, 3.8) is 0 Å². The van der Waals surface area contributed by atoms with E-state index in [0.717, 1.165) is 12.1 Å². The van der Waals surface area contributed by atoms with Gasteiger partial charge >= 0.3 is 0 Å². The number of hydrogen-bond donors (Lipinski definition) is 1. The van der Waals surface area contributed by atoms with E-state index in [2.05, 4.69) is 23.5 Å². The fraction of sp³-hybridized carbons (Fsp3) is 0.480. The molecule has 2 aromatic rings. The Labute approximate surface area is 202 Å². The van der Waals surface area contributed by atoms with Crippen molar-refractivity contribution in [2.75, 3.05) is 45.6 Å². The Morgan fingerprint density at radius 2 is 1.74 bits per heavy atom. The first-order chi connectivity index (χ1) is 16.0. The number of methoxy groups -OCH3 is 1. The summed E-state index contributed by atoms with van der Waals surface area (Å²) >= 11 is 0. The van der Waals surface area contributed by atoms with Crippen molar-refractivity contribution in [3.8, 4) is 5.75 Å². The Morgan fingerprint density at radius 3 is 2.38 bits per heavy atom. The van der Waals surface area contributed by atoms with Gasteiger partial charge in [0.1, 0.15) is 12.4 Å². The van der Waals surface area contributed by atoms with Gasteiger partial charge in [0.05, 0.1) is 22.3 Å². The predicted molar refractivity (Wildman–Crippen MR) is 133 cm³/mol. The number of rotatable bonds is 4. The number of carbonyl (C=O) groups is 1. The van der Waals surface area contributed by atoms with Crippen molar-refractivity contribution in [2.24, 2.45) is 5.92 Å².